The molecule has 1 atom stereocenters. The van der Waals surface area contributed by atoms with Gasteiger partial charge in [-0.25, -0.2) is 0 Å². The molecule has 1 saturated heterocycles. The Kier molecular flexibility index (Phi) is 4.63. The van der Waals surface area contributed by atoms with Crippen molar-refractivity contribution in [1.29, 1.82) is 0 Å². The van der Waals surface area contributed by atoms with E-state index in [0.29, 0.717) is 4.78 Å². The summed E-state index contributed by atoms with van der Waals surface area (Å²) in [7, 11) is 0. The summed E-state index contributed by atoms with van der Waals surface area (Å²) < 4.78 is 10.5. The van der Waals surface area contributed by atoms with Crippen LogP contribution in [0.2, 0.25) is 0 Å². The van der Waals surface area contributed by atoms with Gasteiger partial charge < -0.3 is 5.48 Å². The monoisotopic (exact) mass is 112 g/mol. The Morgan fingerprint density at radius 2 is 2.12 bits per heavy atom. The molecule has 0 aromatic rings. The summed E-state index contributed by atoms with van der Waals surface area (Å²) in [5.41, 5.74) is 0. The van der Waals surface area contributed by atoms with Crippen LogP contribution in [-0.2, 0) is 9.47 Å². The summed E-state index contributed by atoms with van der Waals surface area (Å²) in [6.45, 7) is 2.30. The molecule has 0 saturated carbocycles. The number of hydrogen-bond acceptors (Lipinski definition) is 2. The summed E-state index contributed by atoms with van der Waals surface area (Å²) in [5, 5.41) is 0. The van der Waals surface area contributed by atoms with Gasteiger partial charge in [0.2, 0.25) is 0 Å². The Bertz CT molecular complexity index is 53.2. The van der Waals surface area contributed by atoms with Crippen molar-refractivity contribution in [2.45, 2.75) is 4.78 Å². The molecule has 1 aliphatic heterocycles. The Morgan fingerprint density at radius 1 is 1.38 bits per heavy atom. The van der Waals surface area contributed by atoms with E-state index in [4.69, 9.17) is 9.47 Å². The van der Waals surface area contributed by atoms with Gasteiger partial charge in [-0.05, 0) is 0 Å². The van der Waals surface area contributed by atoms with Gasteiger partial charge in [0.15, 0.2) is 0 Å². The minimum absolute atomic E-state index is 0. The molecule has 44 valence electrons. The van der Waals surface area contributed by atoms with Gasteiger partial charge in [0.25, 0.3) is 0 Å². The molecule has 1 aliphatic rings. The molecular formula is C4H9LiO3. The van der Waals surface area contributed by atoms with Crippen molar-refractivity contribution < 1.29 is 14.9 Å². The van der Waals surface area contributed by atoms with Gasteiger partial charge in [-0.15, -0.1) is 0 Å². The van der Waals surface area contributed by atoms with E-state index in [1.54, 1.807) is 0 Å². The first kappa shape index (κ1) is 8.48. The third-order valence-corrected chi connectivity index (χ3v) is 0.983. The summed E-state index contributed by atoms with van der Waals surface area (Å²) in [6.07, 6.45) is 0. The van der Waals surface area contributed by atoms with E-state index in [0.717, 1.165) is 19.8 Å². The second kappa shape index (κ2) is 4.37. The third kappa shape index (κ3) is 2.70. The van der Waals surface area contributed by atoms with E-state index < -0.39 is 0 Å². The summed E-state index contributed by atoms with van der Waals surface area (Å²) >= 11 is 2.01. The number of rotatable bonds is 0. The van der Waals surface area contributed by atoms with Gasteiger partial charge >= 0.3 is 51.8 Å². The van der Waals surface area contributed by atoms with Gasteiger partial charge in [0.05, 0.1) is 0 Å². The zero-order chi connectivity index (χ0) is 5.11. The second-order valence-corrected chi connectivity index (χ2v) is 1.76. The molecule has 2 N–H and O–H groups in total. The molecule has 0 spiro atoms. The van der Waals surface area contributed by atoms with Crippen molar-refractivity contribution in [3.63, 3.8) is 0 Å². The fourth-order valence-corrected chi connectivity index (χ4v) is 0.606. The van der Waals surface area contributed by atoms with Gasteiger partial charge in [0, 0.05) is 0 Å². The predicted octanol–water partition coefficient (Wildman–Crippen LogP) is -1.30. The van der Waals surface area contributed by atoms with Crippen LogP contribution in [0.1, 0.15) is 0 Å². The normalized spacial score (nSPS) is 29.0. The van der Waals surface area contributed by atoms with Crippen LogP contribution in [0.5, 0.6) is 0 Å². The van der Waals surface area contributed by atoms with Crippen LogP contribution in [-0.4, -0.2) is 47.8 Å². The van der Waals surface area contributed by atoms with Crippen LogP contribution in [0.3, 0.4) is 0 Å². The fraction of sp³-hybridized carbons (Fsp3) is 1.00. The quantitative estimate of drug-likeness (QED) is 0.366. The number of ether oxygens (including phenoxy) is 2. The second-order valence-electron chi connectivity index (χ2n) is 1.76. The van der Waals surface area contributed by atoms with E-state index in [2.05, 4.69) is 0 Å². The zero-order valence-corrected chi connectivity index (χ0v) is 5.02. The fourth-order valence-electron chi connectivity index (χ4n) is 0.606. The van der Waals surface area contributed by atoms with Crippen LogP contribution in [0, 0.1) is 0 Å². The molecule has 0 amide bonds. The van der Waals surface area contributed by atoms with E-state index in [-0.39, 0.29) is 5.48 Å². The molecule has 8 heavy (non-hydrogen) atoms. The first-order chi connectivity index (χ1) is 3.39. The Balaban J connectivity index is 0.000000490. The number of hydrogen-bond donors (Lipinski definition) is 0. The van der Waals surface area contributed by atoms with Crippen LogP contribution < -0.4 is 0 Å². The molecule has 0 radical (unpaired) electrons. The van der Waals surface area contributed by atoms with Crippen LogP contribution in [0.4, 0.5) is 0 Å². The molecule has 4 heteroatoms. The van der Waals surface area contributed by atoms with Crippen molar-refractivity contribution in [2.24, 2.45) is 0 Å². The molecule has 0 aliphatic carbocycles. The van der Waals surface area contributed by atoms with Crippen molar-refractivity contribution in [2.75, 3.05) is 19.8 Å². The topological polar surface area (TPSA) is 50.0 Å². The SMILES string of the molecule is O.[Li][CH]1COCCO1. The molecular weight excluding hydrogens is 103 g/mol. The standard InChI is InChI=1S/C4H7O2.Li.H2O/c1-2-6-4-3-5-1;;/h1H,2-4H2;;1H2. The van der Waals surface area contributed by atoms with E-state index in [9.17, 15) is 0 Å². The summed E-state index contributed by atoms with van der Waals surface area (Å²) in [5.74, 6) is 0. The molecule has 0 bridgehead atoms. The molecule has 0 aromatic carbocycles. The summed E-state index contributed by atoms with van der Waals surface area (Å²) in [6, 6.07) is 0. The Labute approximate surface area is 57.9 Å². The van der Waals surface area contributed by atoms with E-state index in [1.807, 2.05) is 17.7 Å². The summed E-state index contributed by atoms with van der Waals surface area (Å²) in [4.78, 5) is 0. The van der Waals surface area contributed by atoms with Gasteiger partial charge in [-0.2, -0.15) is 0 Å². The minimum atomic E-state index is 0. The Hall–Kier alpha value is 0.477. The molecule has 1 heterocycles. The Morgan fingerprint density at radius 3 is 2.38 bits per heavy atom. The van der Waals surface area contributed by atoms with Crippen molar-refractivity contribution in [3.05, 3.63) is 0 Å². The van der Waals surface area contributed by atoms with E-state index >= 15 is 0 Å². The molecule has 3 nitrogen and oxygen atoms in total. The average molecular weight is 112 g/mol. The molecule has 1 fully saturated rings. The molecule has 1 unspecified atom stereocenters. The van der Waals surface area contributed by atoms with Crippen molar-refractivity contribution >= 4 is 17.7 Å². The van der Waals surface area contributed by atoms with Crippen LogP contribution in [0.25, 0.3) is 0 Å². The van der Waals surface area contributed by atoms with Gasteiger partial charge in [-0.1, -0.05) is 0 Å². The van der Waals surface area contributed by atoms with Crippen molar-refractivity contribution in [3.8, 4) is 0 Å². The third-order valence-electron chi connectivity index (χ3n) is 0.983. The van der Waals surface area contributed by atoms with Gasteiger partial charge in [-0.3, -0.25) is 0 Å². The van der Waals surface area contributed by atoms with Gasteiger partial charge in [0.1, 0.15) is 0 Å². The maximum absolute atomic E-state index is 5.15. The average Bonchev–Trinajstić information content (AvgIpc) is 1.69. The zero-order valence-electron chi connectivity index (χ0n) is 5.02. The van der Waals surface area contributed by atoms with Crippen LogP contribution in [0.15, 0.2) is 0 Å². The first-order valence-corrected chi connectivity index (χ1v) is 2.59. The van der Waals surface area contributed by atoms with Crippen molar-refractivity contribution in [1.82, 2.24) is 0 Å². The van der Waals surface area contributed by atoms with Crippen LogP contribution >= 0.6 is 0 Å². The maximum atomic E-state index is 5.15. The predicted molar refractivity (Wildman–Crippen MR) is 29.9 cm³/mol. The molecule has 1 rings (SSSR count). The molecule has 0 aromatic heterocycles. The van der Waals surface area contributed by atoms with E-state index in [1.165, 1.54) is 0 Å². The first-order valence-electron chi connectivity index (χ1n) is 2.59.